The van der Waals surface area contributed by atoms with Gasteiger partial charge in [0.25, 0.3) is 0 Å². The van der Waals surface area contributed by atoms with Gasteiger partial charge in [0.1, 0.15) is 0 Å². The molecule has 3 heteroatoms. The van der Waals surface area contributed by atoms with Gasteiger partial charge in [-0.25, -0.2) is 0 Å². The van der Waals surface area contributed by atoms with Crippen molar-refractivity contribution >= 4 is 15.9 Å². The first-order chi connectivity index (χ1) is 6.16. The quantitative estimate of drug-likeness (QED) is 0.856. The van der Waals surface area contributed by atoms with Crippen molar-refractivity contribution in [2.45, 2.75) is 19.4 Å². The molecule has 13 heavy (non-hydrogen) atoms. The van der Waals surface area contributed by atoms with E-state index < -0.39 is 6.10 Å². The number of aliphatic hydroxyl groups excluding tert-OH is 2. The molecular weight excluding hydrogens is 232 g/mol. The Morgan fingerprint density at radius 1 is 1.46 bits per heavy atom. The first-order valence-corrected chi connectivity index (χ1v) is 5.00. The zero-order valence-electron chi connectivity index (χ0n) is 7.50. The topological polar surface area (TPSA) is 40.5 Å². The van der Waals surface area contributed by atoms with E-state index in [9.17, 15) is 5.11 Å². The molecule has 0 aliphatic carbocycles. The Hall–Kier alpha value is -0.380. The smallest absolute Gasteiger partial charge is 0.0822 e. The fraction of sp³-hybridized carbons (Fsp3) is 0.400. The van der Waals surface area contributed by atoms with Gasteiger partial charge in [-0.05, 0) is 18.1 Å². The number of aryl methyl sites for hydroxylation is 1. The van der Waals surface area contributed by atoms with E-state index in [-0.39, 0.29) is 6.61 Å². The molecule has 2 N–H and O–H groups in total. The second kappa shape index (κ2) is 4.74. The summed E-state index contributed by atoms with van der Waals surface area (Å²) in [6, 6.07) is 5.73. The van der Waals surface area contributed by atoms with Crippen LogP contribution >= 0.6 is 15.9 Å². The summed E-state index contributed by atoms with van der Waals surface area (Å²) in [7, 11) is 0. The lowest BCUT2D eigenvalue weighted by atomic mass is 10.0. The van der Waals surface area contributed by atoms with Crippen LogP contribution in [-0.4, -0.2) is 16.8 Å². The summed E-state index contributed by atoms with van der Waals surface area (Å²) in [6.45, 7) is 1.97. The Labute approximate surface area is 86.3 Å². The SMILES string of the molecule is Cc1cccc(C(O)CCO)c1Br. The van der Waals surface area contributed by atoms with Crippen LogP contribution in [-0.2, 0) is 0 Å². The molecule has 2 nitrogen and oxygen atoms in total. The van der Waals surface area contributed by atoms with E-state index in [2.05, 4.69) is 15.9 Å². The lowest BCUT2D eigenvalue weighted by Gasteiger charge is -2.12. The highest BCUT2D eigenvalue weighted by atomic mass is 79.9. The highest BCUT2D eigenvalue weighted by Crippen LogP contribution is 2.27. The maximum atomic E-state index is 9.64. The van der Waals surface area contributed by atoms with Crippen LogP contribution in [0.15, 0.2) is 22.7 Å². The van der Waals surface area contributed by atoms with Crippen LogP contribution in [0.25, 0.3) is 0 Å². The van der Waals surface area contributed by atoms with Crippen LogP contribution in [0.3, 0.4) is 0 Å². The highest BCUT2D eigenvalue weighted by Gasteiger charge is 2.11. The summed E-state index contributed by atoms with van der Waals surface area (Å²) in [5.74, 6) is 0. The van der Waals surface area contributed by atoms with Crippen LogP contribution in [0.4, 0.5) is 0 Å². The van der Waals surface area contributed by atoms with Crippen LogP contribution in [0.5, 0.6) is 0 Å². The number of rotatable bonds is 3. The summed E-state index contributed by atoms with van der Waals surface area (Å²) in [5, 5.41) is 18.3. The molecule has 0 saturated carbocycles. The molecule has 1 aromatic carbocycles. The van der Waals surface area contributed by atoms with Gasteiger partial charge in [-0.1, -0.05) is 34.1 Å². The third-order valence-electron chi connectivity index (χ3n) is 1.98. The van der Waals surface area contributed by atoms with Gasteiger partial charge in [0.05, 0.1) is 6.10 Å². The molecule has 1 unspecified atom stereocenters. The summed E-state index contributed by atoms with van der Waals surface area (Å²) in [5.41, 5.74) is 1.93. The van der Waals surface area contributed by atoms with E-state index in [1.165, 1.54) is 0 Å². The minimum absolute atomic E-state index is 0.00154. The molecule has 0 spiro atoms. The molecular formula is C10H13BrO2. The van der Waals surface area contributed by atoms with E-state index in [0.29, 0.717) is 6.42 Å². The second-order valence-corrected chi connectivity index (χ2v) is 3.80. The van der Waals surface area contributed by atoms with Crippen molar-refractivity contribution in [1.29, 1.82) is 0 Å². The van der Waals surface area contributed by atoms with E-state index >= 15 is 0 Å². The molecule has 1 atom stereocenters. The minimum Gasteiger partial charge on any atom is -0.396 e. The highest BCUT2D eigenvalue weighted by molar-refractivity contribution is 9.10. The molecule has 1 rings (SSSR count). The van der Waals surface area contributed by atoms with Gasteiger partial charge in [0.2, 0.25) is 0 Å². The molecule has 0 bridgehead atoms. The van der Waals surface area contributed by atoms with Crippen LogP contribution in [0, 0.1) is 6.92 Å². The lowest BCUT2D eigenvalue weighted by Crippen LogP contribution is -2.01. The molecule has 1 aromatic rings. The van der Waals surface area contributed by atoms with Crippen molar-refractivity contribution < 1.29 is 10.2 Å². The Morgan fingerprint density at radius 2 is 2.15 bits per heavy atom. The van der Waals surface area contributed by atoms with Gasteiger partial charge in [0.15, 0.2) is 0 Å². The van der Waals surface area contributed by atoms with Crippen molar-refractivity contribution in [1.82, 2.24) is 0 Å². The molecule has 0 fully saturated rings. The molecule has 0 aromatic heterocycles. The molecule has 0 heterocycles. The minimum atomic E-state index is -0.584. The number of aliphatic hydroxyl groups is 2. The average Bonchev–Trinajstić information content (AvgIpc) is 2.10. The molecule has 0 saturated heterocycles. The van der Waals surface area contributed by atoms with Crippen molar-refractivity contribution in [3.05, 3.63) is 33.8 Å². The third kappa shape index (κ3) is 2.53. The van der Waals surface area contributed by atoms with E-state index in [4.69, 9.17) is 5.11 Å². The Morgan fingerprint density at radius 3 is 2.77 bits per heavy atom. The van der Waals surface area contributed by atoms with Crippen molar-refractivity contribution in [2.24, 2.45) is 0 Å². The number of halogens is 1. The number of hydrogen-bond donors (Lipinski definition) is 2. The fourth-order valence-corrected chi connectivity index (χ4v) is 1.73. The van der Waals surface area contributed by atoms with Gasteiger partial charge in [-0.15, -0.1) is 0 Å². The normalized spacial score (nSPS) is 12.9. The predicted molar refractivity (Wildman–Crippen MR) is 55.5 cm³/mol. The van der Waals surface area contributed by atoms with Gasteiger partial charge in [-0.3, -0.25) is 0 Å². The molecule has 72 valence electrons. The standard InChI is InChI=1S/C10H13BrO2/c1-7-3-2-4-8(10(7)11)9(13)5-6-12/h2-4,9,12-13H,5-6H2,1H3. The van der Waals surface area contributed by atoms with Gasteiger partial charge in [-0.2, -0.15) is 0 Å². The van der Waals surface area contributed by atoms with Crippen LogP contribution in [0.1, 0.15) is 23.7 Å². The Kier molecular flexibility index (Phi) is 3.90. The summed E-state index contributed by atoms with van der Waals surface area (Å²) in [4.78, 5) is 0. The fourth-order valence-electron chi connectivity index (χ4n) is 1.21. The summed E-state index contributed by atoms with van der Waals surface area (Å²) in [6.07, 6.45) is -0.207. The molecule has 0 aliphatic heterocycles. The van der Waals surface area contributed by atoms with Crippen molar-refractivity contribution in [3.8, 4) is 0 Å². The third-order valence-corrected chi connectivity index (χ3v) is 3.07. The summed E-state index contributed by atoms with van der Waals surface area (Å²) < 4.78 is 0.927. The van der Waals surface area contributed by atoms with E-state index in [0.717, 1.165) is 15.6 Å². The number of benzene rings is 1. The predicted octanol–water partition coefficient (Wildman–Crippen LogP) is 2.17. The maximum Gasteiger partial charge on any atom is 0.0822 e. The van der Waals surface area contributed by atoms with E-state index in [1.54, 1.807) is 0 Å². The molecule has 0 amide bonds. The van der Waals surface area contributed by atoms with Crippen LogP contribution in [0.2, 0.25) is 0 Å². The first-order valence-electron chi connectivity index (χ1n) is 4.20. The Bertz CT molecular complexity index is 286. The van der Waals surface area contributed by atoms with Gasteiger partial charge >= 0.3 is 0 Å². The van der Waals surface area contributed by atoms with E-state index in [1.807, 2.05) is 25.1 Å². The maximum absolute atomic E-state index is 9.64. The average molecular weight is 245 g/mol. The van der Waals surface area contributed by atoms with Crippen molar-refractivity contribution in [3.63, 3.8) is 0 Å². The van der Waals surface area contributed by atoms with Gasteiger partial charge in [0, 0.05) is 17.5 Å². The number of hydrogen-bond acceptors (Lipinski definition) is 2. The first kappa shape index (κ1) is 10.7. The second-order valence-electron chi connectivity index (χ2n) is 3.01. The van der Waals surface area contributed by atoms with Gasteiger partial charge < -0.3 is 10.2 Å². The lowest BCUT2D eigenvalue weighted by molar-refractivity contribution is 0.133. The zero-order valence-corrected chi connectivity index (χ0v) is 9.08. The Balaban J connectivity index is 2.93. The molecule has 0 radical (unpaired) electrons. The largest absolute Gasteiger partial charge is 0.396 e. The summed E-state index contributed by atoms with van der Waals surface area (Å²) >= 11 is 3.41. The zero-order chi connectivity index (χ0) is 9.84. The van der Waals surface area contributed by atoms with Crippen molar-refractivity contribution in [2.75, 3.05) is 6.61 Å². The monoisotopic (exact) mass is 244 g/mol. The van der Waals surface area contributed by atoms with Crippen LogP contribution < -0.4 is 0 Å². The molecule has 0 aliphatic rings.